The maximum Gasteiger partial charge on any atom is 0.326 e. The number of aliphatic carboxylic acids is 2. The third-order valence-corrected chi connectivity index (χ3v) is 13.2. The fourth-order valence-corrected chi connectivity index (χ4v) is 10.1. The molecular weight excluding hydrogens is 808 g/mol. The van der Waals surface area contributed by atoms with Crippen molar-refractivity contribution in [3.63, 3.8) is 0 Å². The number of allylic oxidation sites excluding steroid dienone is 4. The number of carboxylic acids is 2. The molecule has 2 N–H and O–H groups in total. The molecular formula is C53H69BrN2O4. The minimum Gasteiger partial charge on any atom is -1.00 e. The van der Waals surface area contributed by atoms with Gasteiger partial charge in [-0.15, -0.1) is 0 Å². The van der Waals surface area contributed by atoms with Gasteiger partial charge in [0.2, 0.25) is 5.69 Å². The molecule has 1 unspecified atom stereocenters. The molecule has 0 saturated heterocycles. The van der Waals surface area contributed by atoms with Crippen LogP contribution in [0.2, 0.25) is 0 Å². The lowest BCUT2D eigenvalue weighted by molar-refractivity contribution is -0.438. The molecule has 6 nitrogen and oxygen atoms in total. The van der Waals surface area contributed by atoms with Gasteiger partial charge in [0.25, 0.3) is 0 Å². The molecule has 60 heavy (non-hydrogen) atoms. The predicted octanol–water partition coefficient (Wildman–Crippen LogP) is 10.8. The van der Waals surface area contributed by atoms with E-state index in [1.807, 2.05) is 0 Å². The summed E-state index contributed by atoms with van der Waals surface area (Å²) in [7, 11) is 0. The van der Waals surface area contributed by atoms with Gasteiger partial charge in [-0.05, 0) is 78.4 Å². The molecule has 0 bridgehead atoms. The highest BCUT2D eigenvalue weighted by atomic mass is 79.9. The maximum atomic E-state index is 13.3. The van der Waals surface area contributed by atoms with Gasteiger partial charge in [-0.3, -0.25) is 4.79 Å². The molecule has 4 aromatic carbocycles. The van der Waals surface area contributed by atoms with Crippen LogP contribution in [-0.2, 0) is 20.4 Å². The average Bonchev–Trinajstić information content (AvgIpc) is 3.57. The number of nitrogens with zero attached hydrogens (tertiary/aromatic N) is 2. The molecule has 4 aromatic rings. The van der Waals surface area contributed by atoms with Gasteiger partial charge in [0.1, 0.15) is 12.6 Å². The van der Waals surface area contributed by atoms with Crippen LogP contribution in [0.4, 0.5) is 11.4 Å². The third-order valence-electron chi connectivity index (χ3n) is 13.2. The van der Waals surface area contributed by atoms with Gasteiger partial charge >= 0.3 is 11.9 Å². The lowest BCUT2D eigenvalue weighted by Crippen LogP contribution is -3.00. The van der Waals surface area contributed by atoms with Crippen molar-refractivity contribution in [2.24, 2.45) is 0 Å². The largest absolute Gasteiger partial charge is 1.00 e. The van der Waals surface area contributed by atoms with Crippen molar-refractivity contribution in [2.75, 3.05) is 11.4 Å². The second-order valence-electron chi connectivity index (χ2n) is 18.2. The quantitative estimate of drug-likeness (QED) is 0.0573. The Morgan fingerprint density at radius 3 is 1.83 bits per heavy atom. The number of hydrogen-bond donors (Lipinski definition) is 2. The molecule has 1 atom stereocenters. The van der Waals surface area contributed by atoms with Crippen LogP contribution < -0.4 is 21.9 Å². The average molecular weight is 878 g/mol. The summed E-state index contributed by atoms with van der Waals surface area (Å²) in [4.78, 5) is 26.3. The standard InChI is InChI=1S/C53H68N2O4.BrH/c1-6-7-8-9-12-15-18-30-45(51(58)59)55-44-37-35-40-27-21-23-29-42(40)50(44)53(4,5)47(55)32-25-31-46-52(2,3)49-41-28-22-20-26-39(41)34-36-43(49)54(46)38-24-17-14-11-10-13-16-19-33-48(56)57;/h20-23,25-29,31-32,34-37,45H,6-19,24,30,33,38H2,1-5H3,(H-,56,57,58,59);1H. The number of carboxylic acid groups (broad SMARTS) is 2. The highest BCUT2D eigenvalue weighted by Gasteiger charge is 2.47. The van der Waals surface area contributed by atoms with Crippen LogP contribution in [0.1, 0.15) is 155 Å². The summed E-state index contributed by atoms with van der Waals surface area (Å²) in [5, 5.41) is 24.7. The van der Waals surface area contributed by atoms with Crippen molar-refractivity contribution in [3.8, 4) is 0 Å². The number of fused-ring (bicyclic) bond motifs is 6. The normalized spacial score (nSPS) is 16.5. The number of benzene rings is 4. The molecule has 0 fully saturated rings. The molecule has 0 aliphatic carbocycles. The minimum atomic E-state index is -0.763. The molecule has 0 radical (unpaired) electrons. The molecule has 0 amide bonds. The van der Waals surface area contributed by atoms with E-state index in [-0.39, 0.29) is 28.8 Å². The lowest BCUT2D eigenvalue weighted by Gasteiger charge is -2.32. The molecule has 0 aromatic heterocycles. The lowest BCUT2D eigenvalue weighted by atomic mass is 9.79. The summed E-state index contributed by atoms with van der Waals surface area (Å²) in [6, 6.07) is 25.5. The van der Waals surface area contributed by atoms with Crippen molar-refractivity contribution in [1.29, 1.82) is 0 Å². The molecule has 2 aliphatic heterocycles. The molecule has 7 heteroatoms. The molecule has 2 heterocycles. The van der Waals surface area contributed by atoms with Crippen LogP contribution >= 0.6 is 0 Å². The molecule has 2 aliphatic rings. The first-order valence-corrected chi connectivity index (χ1v) is 22.8. The number of unbranched alkanes of at least 4 members (excludes halogenated alkanes) is 13. The van der Waals surface area contributed by atoms with E-state index in [4.69, 9.17) is 5.11 Å². The van der Waals surface area contributed by atoms with E-state index in [1.165, 1.54) is 82.6 Å². The molecule has 0 saturated carbocycles. The van der Waals surface area contributed by atoms with E-state index in [0.717, 1.165) is 75.7 Å². The van der Waals surface area contributed by atoms with E-state index in [2.05, 4.69) is 135 Å². The number of hydrogen-bond acceptors (Lipinski definition) is 3. The Morgan fingerprint density at radius 2 is 1.22 bits per heavy atom. The summed E-state index contributed by atoms with van der Waals surface area (Å²) in [5.74, 6) is -1.46. The fourth-order valence-electron chi connectivity index (χ4n) is 10.1. The number of carbonyl (C=O) groups is 2. The molecule has 0 spiro atoms. The number of anilines is 1. The highest BCUT2D eigenvalue weighted by molar-refractivity contribution is 6.08. The van der Waals surface area contributed by atoms with Crippen molar-refractivity contribution in [3.05, 3.63) is 108 Å². The zero-order valence-corrected chi connectivity index (χ0v) is 38.5. The zero-order chi connectivity index (χ0) is 42.0. The van der Waals surface area contributed by atoms with Crippen LogP contribution in [0.25, 0.3) is 21.5 Å². The molecule has 6 rings (SSSR count). The van der Waals surface area contributed by atoms with Crippen molar-refractivity contribution >= 4 is 50.6 Å². The van der Waals surface area contributed by atoms with Crippen molar-refractivity contribution in [2.45, 2.75) is 161 Å². The van der Waals surface area contributed by atoms with Crippen LogP contribution in [0, 0.1) is 0 Å². The first-order valence-electron chi connectivity index (χ1n) is 22.8. The summed E-state index contributed by atoms with van der Waals surface area (Å²) >= 11 is 0. The Kier molecular flexibility index (Phi) is 16.8. The molecule has 322 valence electrons. The van der Waals surface area contributed by atoms with Gasteiger partial charge in [0.15, 0.2) is 5.71 Å². The summed E-state index contributed by atoms with van der Waals surface area (Å²) in [6.45, 7) is 12.4. The minimum absolute atomic E-state index is 0. The summed E-state index contributed by atoms with van der Waals surface area (Å²) in [5.41, 5.74) is 6.50. The number of rotatable bonds is 23. The van der Waals surface area contributed by atoms with Gasteiger partial charge in [-0.25, -0.2) is 4.79 Å². The Hall–Kier alpha value is -4.23. The van der Waals surface area contributed by atoms with Crippen LogP contribution in [-0.4, -0.2) is 45.0 Å². The predicted molar refractivity (Wildman–Crippen MR) is 247 cm³/mol. The number of halogens is 1. The van der Waals surface area contributed by atoms with Gasteiger partial charge < -0.3 is 32.1 Å². The van der Waals surface area contributed by atoms with Crippen LogP contribution in [0.5, 0.6) is 0 Å². The van der Waals surface area contributed by atoms with Crippen LogP contribution in [0.3, 0.4) is 0 Å². The highest BCUT2D eigenvalue weighted by Crippen LogP contribution is 2.52. The van der Waals surface area contributed by atoms with E-state index >= 15 is 0 Å². The van der Waals surface area contributed by atoms with Crippen molar-refractivity contribution in [1.82, 2.24) is 0 Å². The fraction of sp³-hybridized carbons (Fsp3) is 0.491. The smallest absolute Gasteiger partial charge is 0.326 e. The second kappa shape index (κ2) is 21.5. The third kappa shape index (κ3) is 10.4. The maximum absolute atomic E-state index is 13.3. The first kappa shape index (κ1) is 46.8. The van der Waals surface area contributed by atoms with E-state index < -0.39 is 23.4 Å². The summed E-state index contributed by atoms with van der Waals surface area (Å²) < 4.78 is 2.54. The second-order valence-corrected chi connectivity index (χ2v) is 18.2. The Morgan fingerprint density at radius 1 is 0.667 bits per heavy atom. The zero-order valence-electron chi connectivity index (χ0n) is 36.9. The van der Waals surface area contributed by atoms with Gasteiger partial charge in [0, 0.05) is 47.3 Å². The van der Waals surface area contributed by atoms with Gasteiger partial charge in [-0.1, -0.05) is 158 Å². The SMILES string of the molecule is CCCCCCCCCC(C(=O)O)N1C(=CC=CC2=[N+](CCCCCCCCCCC(=O)O)c3ccc4ccccc4c3C2(C)C)C(C)(C)c2c1ccc1ccccc21.[Br-]. The van der Waals surface area contributed by atoms with Gasteiger partial charge in [-0.2, -0.15) is 4.58 Å². The Bertz CT molecular complexity index is 2200. The van der Waals surface area contributed by atoms with E-state index in [9.17, 15) is 14.7 Å². The first-order chi connectivity index (χ1) is 28.5. The van der Waals surface area contributed by atoms with Crippen LogP contribution in [0.15, 0.2) is 96.7 Å². The topological polar surface area (TPSA) is 80.8 Å². The Labute approximate surface area is 370 Å². The van der Waals surface area contributed by atoms with E-state index in [0.29, 0.717) is 6.42 Å². The Balaban J connectivity index is 0.00000683. The van der Waals surface area contributed by atoms with E-state index in [1.54, 1.807) is 0 Å². The van der Waals surface area contributed by atoms with Crippen molar-refractivity contribution < 1.29 is 41.4 Å². The monoisotopic (exact) mass is 876 g/mol. The summed E-state index contributed by atoms with van der Waals surface area (Å²) in [6.07, 6.45) is 24.3. The van der Waals surface area contributed by atoms with Gasteiger partial charge in [0.05, 0.1) is 5.41 Å².